The van der Waals surface area contributed by atoms with Crippen LogP contribution in [0.5, 0.6) is 0 Å². The van der Waals surface area contributed by atoms with Gasteiger partial charge in [0, 0.05) is 39.9 Å². The minimum absolute atomic E-state index is 0.775. The Morgan fingerprint density at radius 1 is 1.29 bits per heavy atom. The molecule has 0 aliphatic rings. The van der Waals surface area contributed by atoms with Gasteiger partial charge in [-0.3, -0.25) is 4.99 Å². The van der Waals surface area contributed by atoms with Crippen LogP contribution in [0.1, 0.15) is 31.4 Å². The lowest BCUT2D eigenvalue weighted by atomic mass is 10.1. The van der Waals surface area contributed by atoms with Crippen molar-refractivity contribution < 1.29 is 4.74 Å². The summed E-state index contributed by atoms with van der Waals surface area (Å²) in [6.45, 7) is 10.3. The molecule has 1 aromatic carbocycles. The van der Waals surface area contributed by atoms with Crippen LogP contribution in [0.3, 0.4) is 0 Å². The van der Waals surface area contributed by atoms with Gasteiger partial charge in [0.25, 0.3) is 0 Å². The molecule has 0 amide bonds. The van der Waals surface area contributed by atoms with Crippen LogP contribution in [0.4, 0.5) is 0 Å². The van der Waals surface area contributed by atoms with Crippen LogP contribution in [0.25, 0.3) is 0 Å². The van der Waals surface area contributed by atoms with Crippen molar-refractivity contribution in [1.82, 2.24) is 10.2 Å². The van der Waals surface area contributed by atoms with E-state index in [1.807, 2.05) is 6.92 Å². The summed E-state index contributed by atoms with van der Waals surface area (Å²) in [7, 11) is 2.08. The number of ether oxygens (including phenoxy) is 1. The number of guanidine groups is 1. The summed E-state index contributed by atoms with van der Waals surface area (Å²) >= 11 is 0. The van der Waals surface area contributed by atoms with Crippen LogP contribution < -0.4 is 5.32 Å². The van der Waals surface area contributed by atoms with Gasteiger partial charge in [0.2, 0.25) is 0 Å². The molecule has 21 heavy (non-hydrogen) atoms. The maximum absolute atomic E-state index is 5.34. The predicted molar refractivity (Wildman–Crippen MR) is 89.7 cm³/mol. The van der Waals surface area contributed by atoms with Crippen molar-refractivity contribution in [2.45, 2.75) is 33.7 Å². The standard InChI is InChI=1S/C17H29N3O/c1-5-18-17(19-12-9-13-21-6-2)20(4)14-16-11-8-7-10-15(16)3/h7-8,10-11H,5-6,9,12-14H2,1-4H3,(H,18,19). The highest BCUT2D eigenvalue weighted by Crippen LogP contribution is 2.09. The van der Waals surface area contributed by atoms with Crippen molar-refractivity contribution in [2.75, 3.05) is 33.4 Å². The van der Waals surface area contributed by atoms with Crippen LogP contribution in [-0.4, -0.2) is 44.2 Å². The fourth-order valence-corrected chi connectivity index (χ4v) is 2.08. The first kappa shape index (κ1) is 17.5. The largest absolute Gasteiger partial charge is 0.382 e. The highest BCUT2D eigenvalue weighted by atomic mass is 16.5. The van der Waals surface area contributed by atoms with Crippen molar-refractivity contribution >= 4 is 5.96 Å². The second-order valence-corrected chi connectivity index (χ2v) is 5.07. The fourth-order valence-electron chi connectivity index (χ4n) is 2.08. The van der Waals surface area contributed by atoms with E-state index in [4.69, 9.17) is 4.74 Å². The predicted octanol–water partition coefficient (Wildman–Crippen LogP) is 2.82. The van der Waals surface area contributed by atoms with E-state index in [9.17, 15) is 0 Å². The molecule has 0 saturated carbocycles. The molecule has 0 radical (unpaired) electrons. The van der Waals surface area contributed by atoms with E-state index in [1.54, 1.807) is 0 Å². The summed E-state index contributed by atoms with van der Waals surface area (Å²) in [6.07, 6.45) is 0.959. The minimum atomic E-state index is 0.775. The Hall–Kier alpha value is -1.55. The van der Waals surface area contributed by atoms with Gasteiger partial charge in [-0.05, 0) is 38.3 Å². The van der Waals surface area contributed by atoms with Crippen LogP contribution >= 0.6 is 0 Å². The van der Waals surface area contributed by atoms with E-state index in [0.717, 1.165) is 45.2 Å². The van der Waals surface area contributed by atoms with Crippen molar-refractivity contribution in [1.29, 1.82) is 0 Å². The van der Waals surface area contributed by atoms with Crippen molar-refractivity contribution in [3.05, 3.63) is 35.4 Å². The number of hydrogen-bond acceptors (Lipinski definition) is 2. The number of nitrogens with zero attached hydrogens (tertiary/aromatic N) is 2. The highest BCUT2D eigenvalue weighted by molar-refractivity contribution is 5.79. The topological polar surface area (TPSA) is 36.9 Å². The molecule has 118 valence electrons. The number of aliphatic imine (C=N–C) groups is 1. The Bertz CT molecular complexity index is 432. The molecule has 1 N–H and O–H groups in total. The molecule has 0 aliphatic carbocycles. The Morgan fingerprint density at radius 3 is 2.71 bits per heavy atom. The molecule has 4 heteroatoms. The lowest BCUT2D eigenvalue weighted by Crippen LogP contribution is -2.38. The first-order valence-corrected chi connectivity index (χ1v) is 7.80. The maximum atomic E-state index is 5.34. The quantitative estimate of drug-likeness (QED) is 0.454. The lowest BCUT2D eigenvalue weighted by molar-refractivity contribution is 0.146. The molecule has 0 atom stereocenters. The molecule has 0 aromatic heterocycles. The normalized spacial score (nSPS) is 11.5. The van der Waals surface area contributed by atoms with Crippen molar-refractivity contribution in [3.8, 4) is 0 Å². The molecular weight excluding hydrogens is 262 g/mol. The third-order valence-electron chi connectivity index (χ3n) is 3.28. The van der Waals surface area contributed by atoms with Gasteiger partial charge in [-0.2, -0.15) is 0 Å². The fraction of sp³-hybridized carbons (Fsp3) is 0.588. The molecule has 0 aliphatic heterocycles. The summed E-state index contributed by atoms with van der Waals surface area (Å²) < 4.78 is 5.34. The summed E-state index contributed by atoms with van der Waals surface area (Å²) in [5.74, 6) is 0.956. The van der Waals surface area contributed by atoms with Gasteiger partial charge in [0.05, 0.1) is 0 Å². The summed E-state index contributed by atoms with van der Waals surface area (Å²) in [6, 6.07) is 8.48. The highest BCUT2D eigenvalue weighted by Gasteiger charge is 2.07. The average molecular weight is 291 g/mol. The monoisotopic (exact) mass is 291 g/mol. The number of rotatable bonds is 8. The molecule has 0 spiro atoms. The molecule has 4 nitrogen and oxygen atoms in total. The van der Waals surface area contributed by atoms with Crippen molar-refractivity contribution in [2.24, 2.45) is 4.99 Å². The van der Waals surface area contributed by atoms with E-state index in [2.05, 4.69) is 60.4 Å². The number of nitrogens with one attached hydrogen (secondary N) is 1. The van der Waals surface area contributed by atoms with Gasteiger partial charge < -0.3 is 15.0 Å². The van der Waals surface area contributed by atoms with Crippen molar-refractivity contribution in [3.63, 3.8) is 0 Å². The molecule has 0 heterocycles. The van der Waals surface area contributed by atoms with E-state index in [1.165, 1.54) is 11.1 Å². The SMILES string of the molecule is CCNC(=NCCCOCC)N(C)Cc1ccccc1C. The van der Waals surface area contributed by atoms with E-state index in [-0.39, 0.29) is 0 Å². The Balaban J connectivity index is 2.58. The Kier molecular flexibility index (Phi) is 8.51. The number of hydrogen-bond donors (Lipinski definition) is 1. The van der Waals surface area contributed by atoms with Crippen LogP contribution in [0.15, 0.2) is 29.3 Å². The van der Waals surface area contributed by atoms with Gasteiger partial charge in [-0.1, -0.05) is 24.3 Å². The van der Waals surface area contributed by atoms with E-state index < -0.39 is 0 Å². The van der Waals surface area contributed by atoms with Gasteiger partial charge in [-0.15, -0.1) is 0 Å². The maximum Gasteiger partial charge on any atom is 0.193 e. The first-order chi connectivity index (χ1) is 10.2. The summed E-state index contributed by atoms with van der Waals surface area (Å²) in [4.78, 5) is 6.84. The second kappa shape index (κ2) is 10.2. The smallest absolute Gasteiger partial charge is 0.193 e. The van der Waals surface area contributed by atoms with Gasteiger partial charge >= 0.3 is 0 Å². The van der Waals surface area contributed by atoms with Gasteiger partial charge in [0.1, 0.15) is 0 Å². The molecule has 0 unspecified atom stereocenters. The van der Waals surface area contributed by atoms with E-state index in [0.29, 0.717) is 0 Å². The molecule has 0 saturated heterocycles. The average Bonchev–Trinajstić information content (AvgIpc) is 2.48. The van der Waals surface area contributed by atoms with Crippen LogP contribution in [0.2, 0.25) is 0 Å². The molecule has 0 bridgehead atoms. The van der Waals surface area contributed by atoms with Crippen LogP contribution in [0, 0.1) is 6.92 Å². The minimum Gasteiger partial charge on any atom is -0.382 e. The first-order valence-electron chi connectivity index (χ1n) is 7.80. The Labute approximate surface area is 129 Å². The summed E-state index contributed by atoms with van der Waals surface area (Å²) in [5.41, 5.74) is 2.65. The molecule has 1 rings (SSSR count). The molecule has 0 fully saturated rings. The zero-order valence-electron chi connectivity index (χ0n) is 13.9. The van der Waals surface area contributed by atoms with Gasteiger partial charge in [-0.25, -0.2) is 0 Å². The lowest BCUT2D eigenvalue weighted by Gasteiger charge is -2.23. The van der Waals surface area contributed by atoms with Crippen LogP contribution in [-0.2, 0) is 11.3 Å². The van der Waals surface area contributed by atoms with Gasteiger partial charge in [0.15, 0.2) is 5.96 Å². The van der Waals surface area contributed by atoms with E-state index >= 15 is 0 Å². The Morgan fingerprint density at radius 2 is 2.05 bits per heavy atom. The second-order valence-electron chi connectivity index (χ2n) is 5.07. The zero-order valence-corrected chi connectivity index (χ0v) is 13.9. The third kappa shape index (κ3) is 6.63. The molecular formula is C17H29N3O. The molecule has 1 aromatic rings. The zero-order chi connectivity index (χ0) is 15.5. The number of benzene rings is 1. The number of aryl methyl sites for hydroxylation is 1. The summed E-state index contributed by atoms with van der Waals surface area (Å²) in [5, 5.41) is 3.35. The third-order valence-corrected chi connectivity index (χ3v) is 3.28.